The van der Waals surface area contributed by atoms with Crippen LogP contribution in [0, 0.1) is 29.6 Å². The van der Waals surface area contributed by atoms with E-state index in [1.54, 1.807) is 0 Å². The van der Waals surface area contributed by atoms with Gasteiger partial charge in [-0.2, -0.15) is 0 Å². The molecule has 0 aromatic heterocycles. The second kappa shape index (κ2) is 9.87. The van der Waals surface area contributed by atoms with Crippen molar-refractivity contribution in [3.8, 4) is 0 Å². The van der Waals surface area contributed by atoms with Gasteiger partial charge in [-0.25, -0.2) is 0 Å². The van der Waals surface area contributed by atoms with E-state index in [9.17, 15) is 0 Å². The topological polar surface area (TPSA) is 9.23 Å². The molecule has 2 saturated carbocycles. The molecule has 0 aromatic carbocycles. The molecule has 0 saturated heterocycles. The lowest BCUT2D eigenvalue weighted by molar-refractivity contribution is -0.0353. The molecule has 0 N–H and O–H groups in total. The number of allylic oxidation sites excluding steroid dienone is 2. The lowest BCUT2D eigenvalue weighted by Gasteiger charge is -2.39. The fourth-order valence-corrected chi connectivity index (χ4v) is 4.48. The van der Waals surface area contributed by atoms with Crippen LogP contribution in [0.4, 0.5) is 0 Å². The van der Waals surface area contributed by atoms with Crippen LogP contribution in [0.2, 0.25) is 0 Å². The van der Waals surface area contributed by atoms with Crippen LogP contribution in [0.1, 0.15) is 85.5 Å². The number of unbranched alkanes of at least 4 members (excludes halogenated alkanes) is 2. The Bertz CT molecular complexity index is 340. The van der Waals surface area contributed by atoms with Gasteiger partial charge in [-0.1, -0.05) is 65.5 Å². The van der Waals surface area contributed by atoms with Crippen LogP contribution in [-0.4, -0.2) is 12.7 Å². The number of hydrogen-bond donors (Lipinski definition) is 0. The monoisotopic (exact) mass is 320 g/mol. The van der Waals surface area contributed by atoms with Gasteiger partial charge in [-0.15, -0.1) is 0 Å². The highest BCUT2D eigenvalue weighted by Crippen LogP contribution is 2.38. The van der Waals surface area contributed by atoms with E-state index in [1.807, 2.05) is 0 Å². The molecule has 1 nitrogen and oxygen atoms in total. The van der Waals surface area contributed by atoms with E-state index in [1.165, 1.54) is 57.8 Å². The Balaban J connectivity index is 1.75. The summed E-state index contributed by atoms with van der Waals surface area (Å²) in [4.78, 5) is 0. The Morgan fingerprint density at radius 2 is 1.57 bits per heavy atom. The van der Waals surface area contributed by atoms with Gasteiger partial charge in [0.15, 0.2) is 0 Å². The smallest absolute Gasteiger partial charge is 0.0603 e. The maximum atomic E-state index is 6.20. The van der Waals surface area contributed by atoms with Crippen molar-refractivity contribution in [2.45, 2.75) is 91.6 Å². The zero-order valence-corrected chi connectivity index (χ0v) is 16.1. The molecule has 2 aliphatic rings. The lowest BCUT2D eigenvalue weighted by atomic mass is 9.71. The Labute approximate surface area is 145 Å². The first-order valence-corrected chi connectivity index (χ1v) is 10.4. The fraction of sp³-hybridized carbons (Fsp3) is 0.909. The molecule has 2 aliphatic carbocycles. The normalized spacial score (nSPS) is 39.0. The van der Waals surface area contributed by atoms with Gasteiger partial charge < -0.3 is 4.74 Å². The van der Waals surface area contributed by atoms with E-state index in [0.29, 0.717) is 12.0 Å². The molecule has 0 heterocycles. The SMILES string of the molecule is CCCCCOC1CCC(C=CC2CCC(C)CC2)C(C)C1C. The van der Waals surface area contributed by atoms with Crippen molar-refractivity contribution in [2.24, 2.45) is 29.6 Å². The average molecular weight is 321 g/mol. The van der Waals surface area contributed by atoms with E-state index in [-0.39, 0.29) is 0 Å². The molecule has 23 heavy (non-hydrogen) atoms. The van der Waals surface area contributed by atoms with Crippen LogP contribution in [0.3, 0.4) is 0 Å². The van der Waals surface area contributed by atoms with Crippen molar-refractivity contribution >= 4 is 0 Å². The van der Waals surface area contributed by atoms with Crippen LogP contribution in [-0.2, 0) is 4.74 Å². The van der Waals surface area contributed by atoms with Crippen molar-refractivity contribution in [2.75, 3.05) is 6.61 Å². The number of ether oxygens (including phenoxy) is 1. The molecule has 134 valence electrons. The minimum Gasteiger partial charge on any atom is -0.378 e. The Kier molecular flexibility index (Phi) is 8.16. The van der Waals surface area contributed by atoms with E-state index in [2.05, 4.69) is 39.8 Å². The first-order valence-electron chi connectivity index (χ1n) is 10.4. The zero-order valence-electron chi connectivity index (χ0n) is 16.1. The Morgan fingerprint density at radius 3 is 2.26 bits per heavy atom. The van der Waals surface area contributed by atoms with Gasteiger partial charge in [0, 0.05) is 6.61 Å². The van der Waals surface area contributed by atoms with Gasteiger partial charge in [-0.3, -0.25) is 0 Å². The standard InChI is InChI=1S/C22H40O/c1-5-6-7-16-23-22-15-14-21(18(3)19(22)4)13-12-20-10-8-17(2)9-11-20/h12-13,17-22H,5-11,14-16H2,1-4H3. The highest BCUT2D eigenvalue weighted by molar-refractivity contribution is 4.99. The molecule has 0 aliphatic heterocycles. The molecular formula is C22H40O. The molecule has 2 fully saturated rings. The summed E-state index contributed by atoms with van der Waals surface area (Å²) in [6.07, 6.45) is 17.7. The van der Waals surface area contributed by atoms with E-state index in [4.69, 9.17) is 4.74 Å². The predicted molar refractivity (Wildman–Crippen MR) is 101 cm³/mol. The summed E-state index contributed by atoms with van der Waals surface area (Å²) in [5.74, 6) is 4.06. The summed E-state index contributed by atoms with van der Waals surface area (Å²) < 4.78 is 6.20. The van der Waals surface area contributed by atoms with E-state index in [0.717, 1.165) is 30.3 Å². The fourth-order valence-electron chi connectivity index (χ4n) is 4.48. The van der Waals surface area contributed by atoms with Gasteiger partial charge in [0.1, 0.15) is 0 Å². The molecule has 4 unspecified atom stereocenters. The third-order valence-electron chi connectivity index (χ3n) is 6.65. The molecule has 0 amide bonds. The van der Waals surface area contributed by atoms with Gasteiger partial charge in [0.25, 0.3) is 0 Å². The maximum absolute atomic E-state index is 6.20. The van der Waals surface area contributed by atoms with Crippen LogP contribution in [0.25, 0.3) is 0 Å². The Hall–Kier alpha value is -0.300. The summed E-state index contributed by atoms with van der Waals surface area (Å²) >= 11 is 0. The molecule has 4 atom stereocenters. The van der Waals surface area contributed by atoms with Crippen LogP contribution in [0.5, 0.6) is 0 Å². The third kappa shape index (κ3) is 5.93. The first-order chi connectivity index (χ1) is 11.1. The zero-order chi connectivity index (χ0) is 16.7. The summed E-state index contributed by atoms with van der Waals surface area (Å²) in [6.45, 7) is 10.5. The van der Waals surface area contributed by atoms with E-state index < -0.39 is 0 Å². The maximum Gasteiger partial charge on any atom is 0.0603 e. The van der Waals surface area contributed by atoms with Crippen molar-refractivity contribution in [1.82, 2.24) is 0 Å². The van der Waals surface area contributed by atoms with Crippen molar-refractivity contribution < 1.29 is 4.74 Å². The first kappa shape index (κ1) is 19.0. The van der Waals surface area contributed by atoms with Crippen LogP contribution < -0.4 is 0 Å². The Morgan fingerprint density at radius 1 is 0.826 bits per heavy atom. The molecule has 0 aromatic rings. The summed E-state index contributed by atoms with van der Waals surface area (Å²) in [7, 11) is 0. The van der Waals surface area contributed by atoms with Crippen LogP contribution >= 0.6 is 0 Å². The highest BCUT2D eigenvalue weighted by atomic mass is 16.5. The molecule has 0 bridgehead atoms. The van der Waals surface area contributed by atoms with Crippen molar-refractivity contribution in [1.29, 1.82) is 0 Å². The molecule has 0 spiro atoms. The van der Waals surface area contributed by atoms with Gasteiger partial charge >= 0.3 is 0 Å². The van der Waals surface area contributed by atoms with Gasteiger partial charge in [0.05, 0.1) is 6.10 Å². The van der Waals surface area contributed by atoms with Crippen molar-refractivity contribution in [3.63, 3.8) is 0 Å². The minimum atomic E-state index is 0.502. The summed E-state index contributed by atoms with van der Waals surface area (Å²) in [5, 5.41) is 0. The quantitative estimate of drug-likeness (QED) is 0.378. The minimum absolute atomic E-state index is 0.502. The average Bonchev–Trinajstić information content (AvgIpc) is 2.56. The highest BCUT2D eigenvalue weighted by Gasteiger charge is 2.33. The van der Waals surface area contributed by atoms with Crippen molar-refractivity contribution in [3.05, 3.63) is 12.2 Å². The second-order valence-corrected chi connectivity index (χ2v) is 8.48. The summed E-state index contributed by atoms with van der Waals surface area (Å²) in [6, 6.07) is 0. The summed E-state index contributed by atoms with van der Waals surface area (Å²) in [5.41, 5.74) is 0. The molecular weight excluding hydrogens is 280 g/mol. The van der Waals surface area contributed by atoms with E-state index >= 15 is 0 Å². The number of hydrogen-bond acceptors (Lipinski definition) is 1. The van der Waals surface area contributed by atoms with Gasteiger partial charge in [-0.05, 0) is 61.7 Å². The third-order valence-corrected chi connectivity index (χ3v) is 6.65. The predicted octanol–water partition coefficient (Wildman–Crippen LogP) is 6.63. The van der Waals surface area contributed by atoms with Gasteiger partial charge in [0.2, 0.25) is 0 Å². The molecule has 1 heteroatoms. The molecule has 2 rings (SSSR count). The molecule has 0 radical (unpaired) electrons. The largest absolute Gasteiger partial charge is 0.378 e. The van der Waals surface area contributed by atoms with Crippen LogP contribution in [0.15, 0.2) is 12.2 Å². The second-order valence-electron chi connectivity index (χ2n) is 8.48. The number of rotatable bonds is 7. The lowest BCUT2D eigenvalue weighted by Crippen LogP contribution is -2.36.